The van der Waals surface area contributed by atoms with Crippen molar-refractivity contribution in [1.29, 1.82) is 0 Å². The van der Waals surface area contributed by atoms with E-state index >= 15 is 0 Å². The van der Waals surface area contributed by atoms with Crippen LogP contribution in [0.2, 0.25) is 0 Å². The molecule has 1 aromatic heterocycles. The molecule has 9 heteroatoms. The molecule has 9 nitrogen and oxygen atoms in total. The van der Waals surface area contributed by atoms with Gasteiger partial charge in [-0.2, -0.15) is 4.98 Å². The molecule has 0 spiro atoms. The number of benzene rings is 1. The van der Waals surface area contributed by atoms with Gasteiger partial charge in [-0.15, -0.1) is 0 Å². The van der Waals surface area contributed by atoms with Crippen LogP contribution in [0.4, 0.5) is 4.79 Å². The van der Waals surface area contributed by atoms with Crippen molar-refractivity contribution in [3.8, 4) is 5.75 Å². The lowest BCUT2D eigenvalue weighted by Crippen LogP contribution is -2.46. The van der Waals surface area contributed by atoms with Gasteiger partial charge in [-0.1, -0.05) is 17.3 Å². The van der Waals surface area contributed by atoms with Gasteiger partial charge in [0.1, 0.15) is 18.9 Å². The summed E-state index contributed by atoms with van der Waals surface area (Å²) in [5, 5.41) is 6.86. The first-order chi connectivity index (χ1) is 13.6. The number of methoxy groups -OCH3 is 1. The topological polar surface area (TPSA) is 107 Å². The minimum absolute atomic E-state index is 0.0395. The third kappa shape index (κ3) is 2.79. The predicted octanol–water partition coefficient (Wildman–Crippen LogP) is 2.03. The number of aromatic nitrogens is 2. The molecule has 0 unspecified atom stereocenters. The van der Waals surface area contributed by atoms with E-state index in [4.69, 9.17) is 14.0 Å². The maximum atomic E-state index is 12.8. The van der Waals surface area contributed by atoms with Gasteiger partial charge >= 0.3 is 12.0 Å². The van der Waals surface area contributed by atoms with Crippen LogP contribution in [0.25, 0.3) is 0 Å². The van der Waals surface area contributed by atoms with E-state index in [1.165, 1.54) is 4.90 Å². The highest BCUT2D eigenvalue weighted by atomic mass is 16.5. The van der Waals surface area contributed by atoms with Gasteiger partial charge < -0.3 is 19.3 Å². The summed E-state index contributed by atoms with van der Waals surface area (Å²) in [7, 11) is 1.58. The lowest BCUT2D eigenvalue weighted by atomic mass is 9.95. The number of hydrogen-bond donors (Lipinski definition) is 1. The molecule has 2 aliphatic heterocycles. The van der Waals surface area contributed by atoms with E-state index in [0.717, 1.165) is 18.4 Å². The lowest BCUT2D eigenvalue weighted by Gasteiger charge is -2.32. The molecular formula is C19H18N4O5. The number of nitrogens with one attached hydrogen (secondary N) is 1. The molecule has 1 N–H and O–H groups in total. The molecule has 1 aromatic carbocycles. The average Bonchev–Trinajstić information content (AvgIpc) is 3.34. The van der Waals surface area contributed by atoms with Crippen LogP contribution >= 0.6 is 0 Å². The van der Waals surface area contributed by atoms with Gasteiger partial charge in [-0.25, -0.2) is 9.59 Å². The second-order valence-corrected chi connectivity index (χ2v) is 7.00. The zero-order valence-corrected chi connectivity index (χ0v) is 15.2. The van der Waals surface area contributed by atoms with Crippen molar-refractivity contribution in [3.63, 3.8) is 0 Å². The van der Waals surface area contributed by atoms with E-state index in [-0.39, 0.29) is 19.2 Å². The molecule has 2 aromatic rings. The van der Waals surface area contributed by atoms with E-state index in [0.29, 0.717) is 34.7 Å². The van der Waals surface area contributed by atoms with Crippen LogP contribution in [-0.4, -0.2) is 40.8 Å². The summed E-state index contributed by atoms with van der Waals surface area (Å²) < 4.78 is 15.7. The zero-order chi connectivity index (χ0) is 19.3. The fourth-order valence-electron chi connectivity index (χ4n) is 3.50. The molecule has 5 rings (SSSR count). The number of amides is 2. The van der Waals surface area contributed by atoms with Crippen LogP contribution in [-0.2, 0) is 16.1 Å². The molecule has 1 saturated carbocycles. The van der Waals surface area contributed by atoms with Crippen LogP contribution in [0.1, 0.15) is 42.1 Å². The Balaban J connectivity index is 1.46. The summed E-state index contributed by atoms with van der Waals surface area (Å²) in [6.07, 6.45) is 2.12. The third-order valence-corrected chi connectivity index (χ3v) is 5.17. The summed E-state index contributed by atoms with van der Waals surface area (Å²) >= 11 is 0. The maximum absolute atomic E-state index is 12.8. The van der Waals surface area contributed by atoms with Crippen LogP contribution in [0.3, 0.4) is 0 Å². The predicted molar refractivity (Wildman–Crippen MR) is 94.1 cm³/mol. The smallest absolute Gasteiger partial charge is 0.338 e. The highest BCUT2D eigenvalue weighted by Gasteiger charge is 2.42. The number of nitrogens with zero attached hydrogens (tertiary/aromatic N) is 3. The standard InChI is InChI=1S/C19H18N4O5/c1-26-12-6-4-10(5-7-12)16-15-13(9-27-18(15)24)23(19(25)21-16)8-14-20-17(22-28-14)11-2-3-11/h4-7,11,16H,2-3,8-9H2,1H3,(H,21,25)/t16-/m0/s1. The van der Waals surface area contributed by atoms with Crippen molar-refractivity contribution in [2.24, 2.45) is 0 Å². The van der Waals surface area contributed by atoms with Gasteiger partial charge in [0.25, 0.3) is 0 Å². The Labute approximate surface area is 160 Å². The second-order valence-electron chi connectivity index (χ2n) is 7.00. The van der Waals surface area contributed by atoms with E-state index in [2.05, 4.69) is 15.5 Å². The number of urea groups is 1. The van der Waals surface area contributed by atoms with Crippen molar-refractivity contribution in [2.45, 2.75) is 31.3 Å². The largest absolute Gasteiger partial charge is 0.497 e. The molecule has 3 heterocycles. The summed E-state index contributed by atoms with van der Waals surface area (Å²) in [6.45, 7) is 0.133. The Morgan fingerprint density at radius 3 is 2.75 bits per heavy atom. The van der Waals surface area contributed by atoms with Gasteiger partial charge in [0.2, 0.25) is 5.89 Å². The van der Waals surface area contributed by atoms with E-state index in [9.17, 15) is 9.59 Å². The maximum Gasteiger partial charge on any atom is 0.338 e. The first-order valence-electron chi connectivity index (χ1n) is 9.08. The average molecular weight is 382 g/mol. The van der Waals surface area contributed by atoms with Crippen molar-refractivity contribution in [3.05, 3.63) is 52.8 Å². The highest BCUT2D eigenvalue weighted by Crippen LogP contribution is 2.39. The Morgan fingerprint density at radius 1 is 1.25 bits per heavy atom. The van der Waals surface area contributed by atoms with Crippen molar-refractivity contribution in [1.82, 2.24) is 20.4 Å². The van der Waals surface area contributed by atoms with E-state index in [1.807, 2.05) is 12.1 Å². The fourth-order valence-corrected chi connectivity index (χ4v) is 3.50. The van der Waals surface area contributed by atoms with Crippen molar-refractivity contribution < 1.29 is 23.6 Å². The van der Waals surface area contributed by atoms with Gasteiger partial charge in [0, 0.05) is 5.92 Å². The number of carbonyl (C=O) groups is 2. The van der Waals surface area contributed by atoms with Gasteiger partial charge in [0.15, 0.2) is 5.82 Å². The molecule has 0 saturated heterocycles. The summed E-state index contributed by atoms with van der Waals surface area (Å²) in [4.78, 5) is 31.0. The van der Waals surface area contributed by atoms with E-state index in [1.54, 1.807) is 19.2 Å². The highest BCUT2D eigenvalue weighted by molar-refractivity contribution is 5.97. The second kappa shape index (κ2) is 6.36. The number of esters is 1. The quantitative estimate of drug-likeness (QED) is 0.789. The Bertz CT molecular complexity index is 976. The number of rotatable bonds is 5. The van der Waals surface area contributed by atoms with Crippen molar-refractivity contribution in [2.75, 3.05) is 13.7 Å². The minimum atomic E-state index is -0.579. The minimum Gasteiger partial charge on any atom is -0.497 e. The SMILES string of the molecule is COc1ccc([C@@H]2NC(=O)N(Cc3nc(C4CC4)no3)C3=C2C(=O)OC3)cc1. The molecule has 1 fully saturated rings. The number of carbonyl (C=O) groups excluding carboxylic acids is 2. The Kier molecular flexibility index (Phi) is 3.81. The number of ether oxygens (including phenoxy) is 2. The normalized spacial score (nSPS) is 21.5. The van der Waals surface area contributed by atoms with E-state index < -0.39 is 12.0 Å². The molecule has 1 aliphatic carbocycles. The number of cyclic esters (lactones) is 1. The summed E-state index contributed by atoms with van der Waals surface area (Å²) in [6, 6.07) is 6.28. The molecular weight excluding hydrogens is 364 g/mol. The van der Waals surface area contributed by atoms with Gasteiger partial charge in [0.05, 0.1) is 24.4 Å². The zero-order valence-electron chi connectivity index (χ0n) is 15.2. The third-order valence-electron chi connectivity index (χ3n) is 5.17. The molecule has 0 bridgehead atoms. The molecule has 1 atom stereocenters. The van der Waals surface area contributed by atoms with Gasteiger partial charge in [-0.05, 0) is 30.5 Å². The first kappa shape index (κ1) is 16.8. The monoisotopic (exact) mass is 382 g/mol. The molecule has 28 heavy (non-hydrogen) atoms. The Morgan fingerprint density at radius 2 is 2.04 bits per heavy atom. The molecule has 2 amide bonds. The van der Waals surface area contributed by atoms with Crippen LogP contribution in [0, 0.1) is 0 Å². The summed E-state index contributed by atoms with van der Waals surface area (Å²) in [5.74, 6) is 1.63. The van der Waals surface area contributed by atoms with Crippen molar-refractivity contribution >= 4 is 12.0 Å². The van der Waals surface area contributed by atoms with Crippen LogP contribution in [0.15, 0.2) is 40.1 Å². The fraction of sp³-hybridized carbons (Fsp3) is 0.368. The molecule has 0 radical (unpaired) electrons. The molecule has 3 aliphatic rings. The van der Waals surface area contributed by atoms with Crippen LogP contribution in [0.5, 0.6) is 5.75 Å². The molecule has 144 valence electrons. The first-order valence-corrected chi connectivity index (χ1v) is 9.08. The number of hydrogen-bond acceptors (Lipinski definition) is 7. The van der Waals surface area contributed by atoms with Crippen LogP contribution < -0.4 is 10.1 Å². The Hall–Kier alpha value is -3.36. The lowest BCUT2D eigenvalue weighted by molar-refractivity contribution is -0.136. The van der Waals surface area contributed by atoms with Gasteiger partial charge in [-0.3, -0.25) is 4.90 Å². The summed E-state index contributed by atoms with van der Waals surface area (Å²) in [5.41, 5.74) is 1.72.